The van der Waals surface area contributed by atoms with E-state index in [2.05, 4.69) is 57.0 Å². The number of fused-ring (bicyclic) bond motifs is 1. The summed E-state index contributed by atoms with van der Waals surface area (Å²) in [4.78, 5) is 20.5. The number of hydrogen-bond acceptors (Lipinski definition) is 10. The van der Waals surface area contributed by atoms with Gasteiger partial charge in [0.25, 0.3) is 0 Å². The van der Waals surface area contributed by atoms with E-state index >= 15 is 0 Å². The molecular formula is C28H36N8O2S. The number of rotatable bonds is 7. The molecule has 2 saturated heterocycles. The van der Waals surface area contributed by atoms with Gasteiger partial charge < -0.3 is 15.1 Å². The second kappa shape index (κ2) is 10.6. The lowest BCUT2D eigenvalue weighted by Crippen LogP contribution is -2.61. The summed E-state index contributed by atoms with van der Waals surface area (Å²) in [5, 5.41) is 14.3. The molecule has 1 N–H and O–H groups in total. The Morgan fingerprint density at radius 3 is 2.62 bits per heavy atom. The lowest BCUT2D eigenvalue weighted by Gasteiger charge is -2.47. The summed E-state index contributed by atoms with van der Waals surface area (Å²) >= 11 is 0. The molecule has 0 saturated carbocycles. The third kappa shape index (κ3) is 5.36. The van der Waals surface area contributed by atoms with E-state index in [1.165, 1.54) is 11.8 Å². The zero-order valence-electron chi connectivity index (χ0n) is 23.2. The number of nitrogens with zero attached hydrogens (tertiary/aromatic N) is 7. The van der Waals surface area contributed by atoms with Gasteiger partial charge in [0, 0.05) is 68.0 Å². The van der Waals surface area contributed by atoms with E-state index in [1.807, 2.05) is 32.3 Å². The van der Waals surface area contributed by atoms with E-state index < -0.39 is 9.84 Å². The molecule has 1 aromatic carbocycles. The summed E-state index contributed by atoms with van der Waals surface area (Å²) in [6, 6.07) is 10.4. The highest BCUT2D eigenvalue weighted by Crippen LogP contribution is 2.39. The Morgan fingerprint density at radius 1 is 1.13 bits per heavy atom. The van der Waals surface area contributed by atoms with E-state index in [0.29, 0.717) is 43.0 Å². The number of pyridine rings is 1. The van der Waals surface area contributed by atoms with Crippen molar-refractivity contribution in [2.75, 3.05) is 54.6 Å². The molecule has 0 amide bonds. The zero-order valence-corrected chi connectivity index (χ0v) is 24.0. The number of benzene rings is 1. The molecule has 4 heterocycles. The van der Waals surface area contributed by atoms with Crippen LogP contribution in [0, 0.1) is 11.3 Å². The van der Waals surface area contributed by atoms with Crippen LogP contribution in [0.2, 0.25) is 0 Å². The van der Waals surface area contributed by atoms with E-state index in [1.54, 1.807) is 6.20 Å². The number of likely N-dealkylation sites (N-methyl/N-ethyl adjacent to an activating group) is 1. The van der Waals surface area contributed by atoms with Gasteiger partial charge in [-0.15, -0.1) is 0 Å². The van der Waals surface area contributed by atoms with Gasteiger partial charge in [0.1, 0.15) is 11.6 Å². The van der Waals surface area contributed by atoms with Gasteiger partial charge in [-0.05, 0) is 49.0 Å². The third-order valence-electron chi connectivity index (χ3n) is 8.09. The molecule has 3 aromatic rings. The third-order valence-corrected chi connectivity index (χ3v) is 9.73. The Hall–Kier alpha value is -3.49. The average molecular weight is 549 g/mol. The molecule has 0 spiro atoms. The maximum atomic E-state index is 12.1. The number of sulfone groups is 1. The first-order chi connectivity index (χ1) is 18.6. The highest BCUT2D eigenvalue weighted by Gasteiger charge is 2.42. The number of hydrogen-bond donors (Lipinski definition) is 1. The molecule has 0 unspecified atom stereocenters. The van der Waals surface area contributed by atoms with Crippen molar-refractivity contribution in [1.29, 1.82) is 5.26 Å². The normalized spacial score (nSPS) is 22.1. The Bertz CT molecular complexity index is 1520. The second-order valence-electron chi connectivity index (χ2n) is 11.0. The van der Waals surface area contributed by atoms with Crippen molar-refractivity contribution in [1.82, 2.24) is 19.9 Å². The van der Waals surface area contributed by atoms with Gasteiger partial charge in [0.2, 0.25) is 5.95 Å². The van der Waals surface area contributed by atoms with Crippen LogP contribution >= 0.6 is 0 Å². The van der Waals surface area contributed by atoms with Gasteiger partial charge in [-0.25, -0.2) is 18.4 Å². The maximum Gasteiger partial charge on any atom is 0.227 e. The number of nitriles is 1. The van der Waals surface area contributed by atoms with Gasteiger partial charge in [0.15, 0.2) is 9.84 Å². The smallest absolute Gasteiger partial charge is 0.227 e. The van der Waals surface area contributed by atoms with Gasteiger partial charge in [-0.1, -0.05) is 19.9 Å². The van der Waals surface area contributed by atoms with E-state index in [9.17, 15) is 13.7 Å². The van der Waals surface area contributed by atoms with Crippen molar-refractivity contribution in [3.05, 3.63) is 42.2 Å². The van der Waals surface area contributed by atoms with Crippen molar-refractivity contribution < 1.29 is 8.42 Å². The Morgan fingerprint density at radius 2 is 1.92 bits per heavy atom. The SMILES string of the molecule is CC(C)c1ccc(N2C[C@H](S(C)(=O)=O)[C@H]2C)c2cnc(Nc3ccnc(N4CCN(C)[C@@H](CC#N)C4)n3)cc12. The fraction of sp³-hybridized carbons (Fsp3) is 0.500. The van der Waals surface area contributed by atoms with Crippen molar-refractivity contribution >= 4 is 43.9 Å². The molecule has 2 aliphatic heterocycles. The van der Waals surface area contributed by atoms with Crippen LogP contribution in [0.4, 0.5) is 23.3 Å². The lowest BCUT2D eigenvalue weighted by atomic mass is 9.93. The molecule has 206 valence electrons. The molecule has 0 bridgehead atoms. The van der Waals surface area contributed by atoms with Crippen LogP contribution in [-0.2, 0) is 9.84 Å². The molecule has 11 heteroatoms. The molecule has 3 atom stereocenters. The minimum Gasteiger partial charge on any atom is -0.366 e. The Labute approximate surface area is 230 Å². The van der Waals surface area contributed by atoms with Crippen LogP contribution in [0.1, 0.15) is 38.7 Å². The molecule has 0 radical (unpaired) electrons. The van der Waals surface area contributed by atoms with Crippen molar-refractivity contribution in [2.24, 2.45) is 0 Å². The summed E-state index contributed by atoms with van der Waals surface area (Å²) in [6.45, 7) is 9.14. The monoisotopic (exact) mass is 548 g/mol. The molecule has 39 heavy (non-hydrogen) atoms. The maximum absolute atomic E-state index is 12.1. The molecule has 2 aromatic heterocycles. The molecule has 0 aliphatic carbocycles. The summed E-state index contributed by atoms with van der Waals surface area (Å²) in [5.41, 5.74) is 2.21. The first kappa shape index (κ1) is 27.1. The van der Waals surface area contributed by atoms with Gasteiger partial charge >= 0.3 is 0 Å². The number of anilines is 4. The average Bonchev–Trinajstić information content (AvgIpc) is 2.88. The summed E-state index contributed by atoms with van der Waals surface area (Å²) < 4.78 is 24.3. The van der Waals surface area contributed by atoms with E-state index in [0.717, 1.165) is 29.5 Å². The van der Waals surface area contributed by atoms with Crippen molar-refractivity contribution in [3.8, 4) is 6.07 Å². The predicted octanol–water partition coefficient (Wildman–Crippen LogP) is 3.55. The molecule has 10 nitrogen and oxygen atoms in total. The van der Waals surface area contributed by atoms with Gasteiger partial charge in [-0.3, -0.25) is 4.90 Å². The molecular weight excluding hydrogens is 512 g/mol. The highest BCUT2D eigenvalue weighted by molar-refractivity contribution is 7.91. The van der Waals surface area contributed by atoms with Crippen LogP contribution < -0.4 is 15.1 Å². The van der Waals surface area contributed by atoms with Crippen molar-refractivity contribution in [3.63, 3.8) is 0 Å². The molecule has 2 aliphatic rings. The highest BCUT2D eigenvalue weighted by atomic mass is 32.2. The lowest BCUT2D eigenvalue weighted by molar-refractivity contribution is 0.220. The van der Waals surface area contributed by atoms with E-state index in [4.69, 9.17) is 9.97 Å². The Kier molecular flexibility index (Phi) is 7.35. The van der Waals surface area contributed by atoms with Gasteiger partial charge in [0.05, 0.1) is 17.7 Å². The summed E-state index contributed by atoms with van der Waals surface area (Å²) in [5.74, 6) is 2.27. The largest absolute Gasteiger partial charge is 0.366 e. The molecule has 2 fully saturated rings. The van der Waals surface area contributed by atoms with Crippen LogP contribution in [0.15, 0.2) is 36.7 Å². The van der Waals surface area contributed by atoms with Crippen LogP contribution in [0.25, 0.3) is 10.8 Å². The second-order valence-corrected chi connectivity index (χ2v) is 13.3. The molecule has 5 rings (SSSR count). The Balaban J connectivity index is 1.42. The predicted molar refractivity (Wildman–Crippen MR) is 155 cm³/mol. The first-order valence-corrected chi connectivity index (χ1v) is 15.3. The zero-order chi connectivity index (χ0) is 27.9. The standard InChI is InChI=1S/C28H36N8O2S/c1-18(2)21-6-7-24(36-17-25(19(36)3)39(5,37)38)23-15-31-27(14-22(21)23)32-26-9-11-30-28(33-26)35-13-12-34(4)20(16-35)8-10-29/h6-7,9,11,14-15,18-20,25H,8,12-13,16-17H2,1-5H3,(H,30,31,32,33)/t19-,20+,25+/m1/s1. The quantitative estimate of drug-likeness (QED) is 0.470. The van der Waals surface area contributed by atoms with Crippen LogP contribution in [0.3, 0.4) is 0 Å². The fourth-order valence-corrected chi connectivity index (χ4v) is 6.90. The van der Waals surface area contributed by atoms with Crippen LogP contribution in [0.5, 0.6) is 0 Å². The number of aromatic nitrogens is 3. The first-order valence-electron chi connectivity index (χ1n) is 13.4. The van der Waals surface area contributed by atoms with Gasteiger partial charge in [-0.2, -0.15) is 10.2 Å². The fourth-order valence-electron chi connectivity index (χ4n) is 5.61. The van der Waals surface area contributed by atoms with Crippen LogP contribution in [-0.4, -0.2) is 85.1 Å². The number of nitrogens with one attached hydrogen (secondary N) is 1. The van der Waals surface area contributed by atoms with E-state index in [-0.39, 0.29) is 17.3 Å². The van der Waals surface area contributed by atoms with Crippen molar-refractivity contribution in [2.45, 2.75) is 50.4 Å². The summed E-state index contributed by atoms with van der Waals surface area (Å²) in [6.07, 6.45) is 5.40. The minimum absolute atomic E-state index is 0.0901. The minimum atomic E-state index is -3.09. The summed E-state index contributed by atoms with van der Waals surface area (Å²) in [7, 11) is -1.04. The number of piperazine rings is 1. The topological polar surface area (TPSA) is 118 Å².